The Morgan fingerprint density at radius 2 is 0.848 bits per heavy atom. The zero-order valence-electron chi connectivity index (χ0n) is 17.7. The fourth-order valence-electron chi connectivity index (χ4n) is 4.52. The average molecular weight is 553 g/mol. The van der Waals surface area contributed by atoms with Gasteiger partial charge in [-0.2, -0.15) is 0 Å². The van der Waals surface area contributed by atoms with Crippen LogP contribution in [0.4, 0.5) is 0 Å². The van der Waals surface area contributed by atoms with E-state index in [0.29, 0.717) is 0 Å². The van der Waals surface area contributed by atoms with E-state index in [4.69, 9.17) is 0 Å². The molecule has 0 saturated carbocycles. The van der Waals surface area contributed by atoms with Gasteiger partial charge in [0.25, 0.3) is 0 Å². The van der Waals surface area contributed by atoms with Crippen molar-refractivity contribution >= 4 is 53.7 Å². The molecular weight excluding hydrogens is 534 g/mol. The molecule has 0 aliphatic heterocycles. The first kappa shape index (κ1) is 20.5. The minimum absolute atomic E-state index is 1.09. The molecule has 158 valence electrons. The number of benzene rings is 5. The van der Waals surface area contributed by atoms with Crippen molar-refractivity contribution < 1.29 is 0 Å². The predicted octanol–water partition coefficient (Wildman–Crippen LogP) is 9.64. The van der Waals surface area contributed by atoms with E-state index in [-0.39, 0.29) is 0 Å². The van der Waals surface area contributed by atoms with Crippen LogP contribution in [-0.2, 0) is 0 Å². The average Bonchev–Trinajstić information content (AvgIpc) is 3.18. The number of hydrogen-bond donors (Lipinski definition) is 0. The van der Waals surface area contributed by atoms with E-state index in [0.717, 1.165) is 8.95 Å². The molecule has 6 aromatic rings. The number of fused-ring (bicyclic) bond motifs is 3. The quantitative estimate of drug-likeness (QED) is 0.206. The Labute approximate surface area is 209 Å². The first-order valence-electron chi connectivity index (χ1n) is 10.8. The number of nitrogens with zero attached hydrogens (tertiary/aromatic N) is 1. The molecule has 3 heteroatoms. The number of aromatic nitrogens is 1. The van der Waals surface area contributed by atoms with Gasteiger partial charge in [0, 0.05) is 25.4 Å². The Balaban J connectivity index is 1.64. The van der Waals surface area contributed by atoms with Gasteiger partial charge in [-0.05, 0) is 82.9 Å². The largest absolute Gasteiger partial charge is 0.309 e. The first-order valence-corrected chi connectivity index (χ1v) is 12.4. The summed E-state index contributed by atoms with van der Waals surface area (Å²) in [7, 11) is 0. The minimum Gasteiger partial charge on any atom is -0.309 e. The maximum Gasteiger partial charge on any atom is 0.0541 e. The van der Waals surface area contributed by atoms with E-state index in [9.17, 15) is 0 Å². The van der Waals surface area contributed by atoms with Gasteiger partial charge in [0.2, 0.25) is 0 Å². The molecular formula is C30H19Br2N. The van der Waals surface area contributed by atoms with Gasteiger partial charge in [-0.3, -0.25) is 0 Å². The molecule has 0 amide bonds. The fourth-order valence-corrected chi connectivity index (χ4v) is 5.05. The molecule has 0 saturated heterocycles. The molecule has 0 spiro atoms. The Morgan fingerprint density at radius 1 is 0.424 bits per heavy atom. The lowest BCUT2D eigenvalue weighted by molar-refractivity contribution is 1.18. The molecule has 0 aliphatic carbocycles. The molecule has 0 atom stereocenters. The van der Waals surface area contributed by atoms with Gasteiger partial charge in [0.05, 0.1) is 11.0 Å². The van der Waals surface area contributed by atoms with Crippen molar-refractivity contribution in [1.29, 1.82) is 0 Å². The van der Waals surface area contributed by atoms with E-state index >= 15 is 0 Å². The highest BCUT2D eigenvalue weighted by atomic mass is 79.9. The summed E-state index contributed by atoms with van der Waals surface area (Å²) < 4.78 is 4.54. The van der Waals surface area contributed by atoms with Crippen molar-refractivity contribution in [3.63, 3.8) is 0 Å². The number of para-hydroxylation sites is 1. The topological polar surface area (TPSA) is 4.93 Å². The van der Waals surface area contributed by atoms with Crippen LogP contribution in [0, 0.1) is 0 Å². The summed E-state index contributed by atoms with van der Waals surface area (Å²) in [5.41, 5.74) is 8.46. The van der Waals surface area contributed by atoms with E-state index in [1.165, 1.54) is 49.7 Å². The third-order valence-corrected chi connectivity index (χ3v) is 7.19. The SMILES string of the molecule is Brc1ccc(-c2ccc3c(c2)c2cc(-c4ccc(Br)cc4)ccc2n3-c2ccccc2)cc1. The van der Waals surface area contributed by atoms with Gasteiger partial charge in [-0.25, -0.2) is 0 Å². The van der Waals surface area contributed by atoms with E-state index < -0.39 is 0 Å². The van der Waals surface area contributed by atoms with Crippen molar-refractivity contribution in [2.24, 2.45) is 0 Å². The van der Waals surface area contributed by atoms with Crippen LogP contribution in [-0.4, -0.2) is 4.57 Å². The van der Waals surface area contributed by atoms with Crippen molar-refractivity contribution in [3.05, 3.63) is 124 Å². The third-order valence-electron chi connectivity index (χ3n) is 6.13. The molecule has 5 aromatic carbocycles. The van der Waals surface area contributed by atoms with Crippen molar-refractivity contribution in [2.45, 2.75) is 0 Å². The number of halogens is 2. The molecule has 0 bridgehead atoms. The van der Waals surface area contributed by atoms with Gasteiger partial charge < -0.3 is 4.57 Å². The zero-order valence-corrected chi connectivity index (χ0v) is 20.8. The van der Waals surface area contributed by atoms with Crippen LogP contribution in [0.25, 0.3) is 49.7 Å². The maximum absolute atomic E-state index is 3.55. The standard InChI is InChI=1S/C30H19Br2N/c31-24-12-6-20(7-13-24)22-10-16-29-27(18-22)28-19-23(21-8-14-25(32)15-9-21)11-17-30(28)33(29)26-4-2-1-3-5-26/h1-19H. The van der Waals surface area contributed by atoms with Gasteiger partial charge >= 0.3 is 0 Å². The van der Waals surface area contributed by atoms with Crippen LogP contribution in [0.5, 0.6) is 0 Å². The number of hydrogen-bond acceptors (Lipinski definition) is 0. The Bertz CT molecular complexity index is 1490. The second-order valence-corrected chi connectivity index (χ2v) is 9.98. The van der Waals surface area contributed by atoms with Crippen LogP contribution in [0.1, 0.15) is 0 Å². The van der Waals surface area contributed by atoms with Crippen LogP contribution < -0.4 is 0 Å². The summed E-state index contributed by atoms with van der Waals surface area (Å²) in [6.45, 7) is 0. The molecule has 0 N–H and O–H groups in total. The van der Waals surface area contributed by atoms with Crippen LogP contribution >= 0.6 is 31.9 Å². The lowest BCUT2D eigenvalue weighted by atomic mass is 10.0. The van der Waals surface area contributed by atoms with Crippen molar-refractivity contribution in [3.8, 4) is 27.9 Å². The summed E-state index contributed by atoms with van der Waals surface area (Å²) in [6.07, 6.45) is 0. The summed E-state index contributed by atoms with van der Waals surface area (Å²) >= 11 is 7.10. The smallest absolute Gasteiger partial charge is 0.0541 e. The maximum atomic E-state index is 3.55. The fraction of sp³-hybridized carbons (Fsp3) is 0. The van der Waals surface area contributed by atoms with Gasteiger partial charge in [-0.15, -0.1) is 0 Å². The molecule has 1 aromatic heterocycles. The van der Waals surface area contributed by atoms with Crippen LogP contribution in [0.2, 0.25) is 0 Å². The van der Waals surface area contributed by atoms with Crippen molar-refractivity contribution in [2.75, 3.05) is 0 Å². The molecule has 0 unspecified atom stereocenters. The monoisotopic (exact) mass is 551 g/mol. The predicted molar refractivity (Wildman–Crippen MR) is 147 cm³/mol. The van der Waals surface area contributed by atoms with Crippen LogP contribution in [0.3, 0.4) is 0 Å². The van der Waals surface area contributed by atoms with Crippen molar-refractivity contribution in [1.82, 2.24) is 4.57 Å². The highest BCUT2D eigenvalue weighted by Gasteiger charge is 2.14. The lowest BCUT2D eigenvalue weighted by Gasteiger charge is -2.08. The van der Waals surface area contributed by atoms with Gasteiger partial charge in [0.15, 0.2) is 0 Å². The Morgan fingerprint density at radius 3 is 1.30 bits per heavy atom. The molecule has 0 radical (unpaired) electrons. The highest BCUT2D eigenvalue weighted by molar-refractivity contribution is 9.10. The molecule has 0 aliphatic rings. The summed E-state index contributed by atoms with van der Waals surface area (Å²) in [5, 5.41) is 2.52. The van der Waals surface area contributed by atoms with E-state index in [1.807, 2.05) is 0 Å². The van der Waals surface area contributed by atoms with E-state index in [2.05, 4.69) is 152 Å². The zero-order chi connectivity index (χ0) is 22.4. The number of rotatable bonds is 3. The summed E-state index contributed by atoms with van der Waals surface area (Å²) in [6, 6.07) is 41.2. The molecule has 6 rings (SSSR count). The molecule has 1 heterocycles. The first-order chi connectivity index (χ1) is 16.2. The lowest BCUT2D eigenvalue weighted by Crippen LogP contribution is -1.93. The Kier molecular flexibility index (Phi) is 5.17. The third kappa shape index (κ3) is 3.72. The summed E-state index contributed by atoms with van der Waals surface area (Å²) in [5.74, 6) is 0. The van der Waals surface area contributed by atoms with Gasteiger partial charge in [-0.1, -0.05) is 86.5 Å². The second-order valence-electron chi connectivity index (χ2n) is 8.15. The molecule has 0 fully saturated rings. The highest BCUT2D eigenvalue weighted by Crippen LogP contribution is 2.37. The van der Waals surface area contributed by atoms with Crippen LogP contribution in [0.15, 0.2) is 124 Å². The van der Waals surface area contributed by atoms with E-state index in [1.54, 1.807) is 0 Å². The molecule has 1 nitrogen and oxygen atoms in total. The normalized spacial score (nSPS) is 11.3. The van der Waals surface area contributed by atoms with Gasteiger partial charge in [0.1, 0.15) is 0 Å². The Hall–Kier alpha value is -3.14. The molecule has 33 heavy (non-hydrogen) atoms. The second kappa shape index (κ2) is 8.33. The minimum atomic E-state index is 1.09. The summed E-state index contributed by atoms with van der Waals surface area (Å²) in [4.78, 5) is 0.